The van der Waals surface area contributed by atoms with Crippen LogP contribution in [0.3, 0.4) is 0 Å². The predicted octanol–water partition coefficient (Wildman–Crippen LogP) is 3.09. The van der Waals surface area contributed by atoms with Gasteiger partial charge in [-0.3, -0.25) is 4.79 Å². The van der Waals surface area contributed by atoms with Crippen LogP contribution in [0.1, 0.15) is 43.1 Å². The molecule has 1 aromatic carbocycles. The van der Waals surface area contributed by atoms with E-state index in [1.807, 2.05) is 30.9 Å². The number of hydrogen-bond donors (Lipinski definition) is 1. The monoisotopic (exact) mass is 248 g/mol. The fourth-order valence-corrected chi connectivity index (χ4v) is 1.85. The lowest BCUT2D eigenvalue weighted by molar-refractivity contribution is 0.0741. The molecule has 1 amide bonds. The highest BCUT2D eigenvalue weighted by atomic mass is 16.2. The van der Waals surface area contributed by atoms with Crippen molar-refractivity contribution in [3.8, 4) is 0 Å². The molecule has 18 heavy (non-hydrogen) atoms. The van der Waals surface area contributed by atoms with Crippen molar-refractivity contribution < 1.29 is 4.79 Å². The van der Waals surface area contributed by atoms with Gasteiger partial charge >= 0.3 is 0 Å². The molecule has 0 aliphatic rings. The van der Waals surface area contributed by atoms with E-state index in [-0.39, 0.29) is 5.91 Å². The summed E-state index contributed by atoms with van der Waals surface area (Å²) in [6.07, 6.45) is 1.09. The van der Waals surface area contributed by atoms with Crippen LogP contribution in [0.4, 0.5) is 5.69 Å². The molecule has 1 unspecified atom stereocenters. The van der Waals surface area contributed by atoms with E-state index >= 15 is 0 Å². The van der Waals surface area contributed by atoms with E-state index in [4.69, 9.17) is 5.73 Å². The first-order valence-electron chi connectivity index (χ1n) is 6.64. The Kier molecular flexibility index (Phi) is 5.20. The number of nitrogens with zero attached hydrogens (tertiary/aromatic N) is 1. The van der Waals surface area contributed by atoms with Gasteiger partial charge in [-0.15, -0.1) is 0 Å². The number of aryl methyl sites for hydroxylation is 1. The first-order valence-corrected chi connectivity index (χ1v) is 6.64. The topological polar surface area (TPSA) is 46.3 Å². The summed E-state index contributed by atoms with van der Waals surface area (Å²) in [5, 5.41) is 0. The second kappa shape index (κ2) is 6.43. The maximum absolute atomic E-state index is 12.4. The van der Waals surface area contributed by atoms with Gasteiger partial charge in [0, 0.05) is 24.3 Å². The molecular formula is C15H24N2O. The van der Waals surface area contributed by atoms with Gasteiger partial charge in [-0.2, -0.15) is 0 Å². The van der Waals surface area contributed by atoms with E-state index in [0.29, 0.717) is 5.92 Å². The van der Waals surface area contributed by atoms with Crippen LogP contribution in [0, 0.1) is 12.8 Å². The summed E-state index contributed by atoms with van der Waals surface area (Å²) in [6, 6.07) is 5.49. The summed E-state index contributed by atoms with van der Waals surface area (Å²) in [5.74, 6) is 0.629. The van der Waals surface area contributed by atoms with Gasteiger partial charge in [0.1, 0.15) is 0 Å². The number of hydrogen-bond acceptors (Lipinski definition) is 2. The lowest BCUT2D eigenvalue weighted by Crippen LogP contribution is -2.34. The second-order valence-corrected chi connectivity index (χ2v) is 4.93. The summed E-state index contributed by atoms with van der Waals surface area (Å²) in [6.45, 7) is 9.82. The van der Waals surface area contributed by atoms with Gasteiger partial charge in [-0.25, -0.2) is 0 Å². The summed E-state index contributed by atoms with van der Waals surface area (Å²) in [7, 11) is 0. The van der Waals surface area contributed by atoms with Crippen molar-refractivity contribution >= 4 is 11.6 Å². The first-order chi connectivity index (χ1) is 8.49. The molecule has 0 spiro atoms. The molecule has 3 heteroatoms. The highest BCUT2D eigenvalue weighted by molar-refractivity contribution is 5.94. The number of carbonyl (C=O) groups excluding carboxylic acids is 1. The van der Waals surface area contributed by atoms with E-state index < -0.39 is 0 Å². The number of rotatable bonds is 5. The molecule has 0 aromatic heterocycles. The van der Waals surface area contributed by atoms with Gasteiger partial charge in [0.25, 0.3) is 5.91 Å². The molecule has 0 saturated heterocycles. The lowest BCUT2D eigenvalue weighted by atomic mass is 10.1. The Bertz CT molecular complexity index is 415. The molecule has 0 radical (unpaired) electrons. The molecule has 1 rings (SSSR count). The summed E-state index contributed by atoms with van der Waals surface area (Å²) in [4.78, 5) is 14.3. The Morgan fingerprint density at radius 1 is 1.39 bits per heavy atom. The van der Waals surface area contributed by atoms with E-state index in [9.17, 15) is 4.79 Å². The Hall–Kier alpha value is -1.51. The van der Waals surface area contributed by atoms with Crippen LogP contribution in [-0.2, 0) is 0 Å². The maximum Gasteiger partial charge on any atom is 0.253 e. The smallest absolute Gasteiger partial charge is 0.253 e. The highest BCUT2D eigenvalue weighted by Gasteiger charge is 2.16. The SMILES string of the molecule is CCC(C)CN(CC)C(=O)c1ccc(N)c(C)c1. The number of anilines is 1. The maximum atomic E-state index is 12.4. The summed E-state index contributed by atoms with van der Waals surface area (Å²) >= 11 is 0. The quantitative estimate of drug-likeness (QED) is 0.814. The molecule has 2 N–H and O–H groups in total. The van der Waals surface area contributed by atoms with Crippen LogP contribution < -0.4 is 5.73 Å². The Labute approximate surface area is 110 Å². The van der Waals surface area contributed by atoms with Gasteiger partial charge in [-0.05, 0) is 43.5 Å². The summed E-state index contributed by atoms with van der Waals surface area (Å²) < 4.78 is 0. The number of benzene rings is 1. The number of amides is 1. The minimum atomic E-state index is 0.0981. The third-order valence-electron chi connectivity index (χ3n) is 3.41. The van der Waals surface area contributed by atoms with Crippen molar-refractivity contribution in [2.45, 2.75) is 34.1 Å². The molecule has 3 nitrogen and oxygen atoms in total. The molecular weight excluding hydrogens is 224 g/mol. The van der Waals surface area contributed by atoms with Gasteiger partial charge in [0.2, 0.25) is 0 Å². The zero-order valence-electron chi connectivity index (χ0n) is 11.9. The van der Waals surface area contributed by atoms with Crippen LogP contribution in [0.2, 0.25) is 0 Å². The van der Waals surface area contributed by atoms with Crippen molar-refractivity contribution in [2.24, 2.45) is 5.92 Å². The molecule has 0 aliphatic carbocycles. The molecule has 100 valence electrons. The van der Waals surface area contributed by atoms with Crippen LogP contribution in [0.25, 0.3) is 0 Å². The van der Waals surface area contributed by atoms with Crippen molar-refractivity contribution in [1.82, 2.24) is 4.90 Å². The fourth-order valence-electron chi connectivity index (χ4n) is 1.85. The van der Waals surface area contributed by atoms with Gasteiger partial charge in [-0.1, -0.05) is 20.3 Å². The standard InChI is InChI=1S/C15H24N2O/c1-5-11(3)10-17(6-2)15(18)13-7-8-14(16)12(4)9-13/h7-9,11H,5-6,10,16H2,1-4H3. The zero-order valence-corrected chi connectivity index (χ0v) is 11.9. The second-order valence-electron chi connectivity index (χ2n) is 4.93. The first kappa shape index (κ1) is 14.6. The third-order valence-corrected chi connectivity index (χ3v) is 3.41. The Morgan fingerprint density at radius 2 is 2.06 bits per heavy atom. The van der Waals surface area contributed by atoms with Gasteiger partial charge in [0.05, 0.1) is 0 Å². The van der Waals surface area contributed by atoms with E-state index in [1.54, 1.807) is 6.07 Å². The van der Waals surface area contributed by atoms with Crippen molar-refractivity contribution in [1.29, 1.82) is 0 Å². The highest BCUT2D eigenvalue weighted by Crippen LogP contribution is 2.15. The zero-order chi connectivity index (χ0) is 13.7. The minimum absolute atomic E-state index is 0.0981. The predicted molar refractivity (Wildman–Crippen MR) is 76.6 cm³/mol. The van der Waals surface area contributed by atoms with Crippen LogP contribution >= 0.6 is 0 Å². The van der Waals surface area contributed by atoms with Crippen LogP contribution in [0.5, 0.6) is 0 Å². The minimum Gasteiger partial charge on any atom is -0.399 e. The largest absolute Gasteiger partial charge is 0.399 e. The number of nitrogens with two attached hydrogens (primary N) is 1. The van der Waals surface area contributed by atoms with Gasteiger partial charge in [0.15, 0.2) is 0 Å². The normalized spacial score (nSPS) is 12.2. The average Bonchev–Trinajstić information content (AvgIpc) is 2.38. The third kappa shape index (κ3) is 3.49. The molecule has 0 aliphatic heterocycles. The van der Waals surface area contributed by atoms with E-state index in [0.717, 1.165) is 36.3 Å². The molecule has 1 atom stereocenters. The van der Waals surface area contributed by atoms with Crippen molar-refractivity contribution in [3.05, 3.63) is 29.3 Å². The molecule has 0 saturated carbocycles. The molecule has 0 heterocycles. The molecule has 0 fully saturated rings. The molecule has 0 bridgehead atoms. The Morgan fingerprint density at radius 3 is 2.56 bits per heavy atom. The van der Waals surface area contributed by atoms with Gasteiger partial charge < -0.3 is 10.6 Å². The number of carbonyl (C=O) groups is 1. The number of nitrogen functional groups attached to an aromatic ring is 1. The fraction of sp³-hybridized carbons (Fsp3) is 0.533. The van der Waals surface area contributed by atoms with E-state index in [2.05, 4.69) is 13.8 Å². The van der Waals surface area contributed by atoms with E-state index in [1.165, 1.54) is 0 Å². The molecule has 1 aromatic rings. The Balaban J connectivity index is 2.86. The van der Waals surface area contributed by atoms with Crippen LogP contribution in [0.15, 0.2) is 18.2 Å². The lowest BCUT2D eigenvalue weighted by Gasteiger charge is -2.24. The average molecular weight is 248 g/mol. The summed E-state index contributed by atoms with van der Waals surface area (Å²) in [5.41, 5.74) is 8.20. The van der Waals surface area contributed by atoms with Crippen LogP contribution in [-0.4, -0.2) is 23.9 Å². The van der Waals surface area contributed by atoms with Crippen molar-refractivity contribution in [2.75, 3.05) is 18.8 Å². The van der Waals surface area contributed by atoms with Crippen molar-refractivity contribution in [3.63, 3.8) is 0 Å².